The summed E-state index contributed by atoms with van der Waals surface area (Å²) in [5, 5.41) is 4.83. The Hall–Kier alpha value is -1.44. The lowest BCUT2D eigenvalue weighted by Crippen LogP contribution is -2.31. The predicted octanol–water partition coefficient (Wildman–Crippen LogP) is 0.220. The van der Waals surface area contributed by atoms with E-state index in [1.54, 1.807) is 6.33 Å². The molecule has 0 saturated heterocycles. The summed E-state index contributed by atoms with van der Waals surface area (Å²) in [6, 6.07) is 7.80. The van der Waals surface area contributed by atoms with Gasteiger partial charge in [0.15, 0.2) is 0 Å². The second kappa shape index (κ2) is 4.82. The minimum atomic E-state index is -3.58. The van der Waals surface area contributed by atoms with E-state index in [4.69, 9.17) is 5.14 Å². The highest BCUT2D eigenvalue weighted by Gasteiger charge is 2.02. The average molecular weight is 254 g/mol. The molecule has 2 rings (SSSR count). The topological polar surface area (TPSA) is 90.0 Å². The van der Waals surface area contributed by atoms with Gasteiger partial charge in [-0.1, -0.05) is 12.1 Å². The Bertz CT molecular complexity index is 606. The van der Waals surface area contributed by atoms with Crippen molar-refractivity contribution in [2.24, 2.45) is 5.14 Å². The maximum Gasteiger partial charge on any atom is 0.274 e. The molecular formula is C10H14N4O2S. The Morgan fingerprint density at radius 1 is 1.35 bits per heavy atom. The zero-order valence-electron chi connectivity index (χ0n) is 9.20. The zero-order valence-corrected chi connectivity index (χ0v) is 10.0. The van der Waals surface area contributed by atoms with Gasteiger partial charge in [-0.3, -0.25) is 0 Å². The summed E-state index contributed by atoms with van der Waals surface area (Å²) in [4.78, 5) is 4.25. The van der Waals surface area contributed by atoms with E-state index in [1.807, 2.05) is 28.8 Å². The van der Waals surface area contributed by atoms with E-state index in [2.05, 4.69) is 9.71 Å². The Kier molecular flexibility index (Phi) is 3.41. The van der Waals surface area contributed by atoms with E-state index in [0.717, 1.165) is 11.0 Å². The molecule has 0 aliphatic rings. The molecule has 3 N–H and O–H groups in total. The van der Waals surface area contributed by atoms with Gasteiger partial charge >= 0.3 is 0 Å². The molecule has 0 bridgehead atoms. The van der Waals surface area contributed by atoms with Crippen LogP contribution < -0.4 is 9.86 Å². The third-order valence-corrected chi connectivity index (χ3v) is 3.01. The van der Waals surface area contributed by atoms with Crippen molar-refractivity contribution in [3.63, 3.8) is 0 Å². The summed E-state index contributed by atoms with van der Waals surface area (Å²) >= 11 is 0. The monoisotopic (exact) mass is 254 g/mol. The maximum atomic E-state index is 10.7. The largest absolute Gasteiger partial charge is 0.331 e. The molecule has 0 spiro atoms. The van der Waals surface area contributed by atoms with Crippen molar-refractivity contribution in [3.8, 4) is 0 Å². The van der Waals surface area contributed by atoms with Crippen molar-refractivity contribution in [2.45, 2.75) is 13.0 Å². The highest BCUT2D eigenvalue weighted by atomic mass is 32.2. The zero-order chi connectivity index (χ0) is 12.3. The molecule has 0 aliphatic carbocycles. The number of nitrogens with one attached hydrogen (secondary N) is 1. The van der Waals surface area contributed by atoms with Crippen LogP contribution in [0.1, 0.15) is 6.42 Å². The van der Waals surface area contributed by atoms with Crippen molar-refractivity contribution < 1.29 is 8.42 Å². The van der Waals surface area contributed by atoms with Gasteiger partial charge in [-0.25, -0.2) is 14.8 Å². The summed E-state index contributed by atoms with van der Waals surface area (Å²) < 4.78 is 25.5. The molecule has 17 heavy (non-hydrogen) atoms. The molecule has 2 aromatic rings. The smallest absolute Gasteiger partial charge is 0.274 e. The first-order chi connectivity index (χ1) is 8.06. The number of aryl methyl sites for hydroxylation is 1. The van der Waals surface area contributed by atoms with Gasteiger partial charge in [0.2, 0.25) is 0 Å². The van der Waals surface area contributed by atoms with Crippen LogP contribution in [0.4, 0.5) is 0 Å². The quantitative estimate of drug-likeness (QED) is 0.748. The van der Waals surface area contributed by atoms with Crippen LogP contribution in [0.15, 0.2) is 30.6 Å². The van der Waals surface area contributed by atoms with E-state index >= 15 is 0 Å². The summed E-state index contributed by atoms with van der Waals surface area (Å²) in [5.41, 5.74) is 1.98. The predicted molar refractivity (Wildman–Crippen MR) is 65.5 cm³/mol. The second-order valence-corrected chi connectivity index (χ2v) is 5.10. The van der Waals surface area contributed by atoms with Gasteiger partial charge < -0.3 is 4.57 Å². The number of nitrogens with zero attached hydrogens (tertiary/aromatic N) is 2. The van der Waals surface area contributed by atoms with E-state index in [1.165, 1.54) is 0 Å². The lowest BCUT2D eigenvalue weighted by atomic mass is 10.3. The molecule has 0 radical (unpaired) electrons. The van der Waals surface area contributed by atoms with Crippen LogP contribution in [0, 0.1) is 0 Å². The van der Waals surface area contributed by atoms with Gasteiger partial charge in [-0.05, 0) is 18.6 Å². The van der Waals surface area contributed by atoms with Gasteiger partial charge in [0.05, 0.1) is 17.4 Å². The summed E-state index contributed by atoms with van der Waals surface area (Å²) in [6.45, 7) is 1.02. The number of aromatic nitrogens is 2. The second-order valence-electron chi connectivity index (χ2n) is 3.72. The van der Waals surface area contributed by atoms with E-state index < -0.39 is 10.2 Å². The first-order valence-electron chi connectivity index (χ1n) is 5.23. The molecule has 6 nitrogen and oxygen atoms in total. The van der Waals surface area contributed by atoms with Crippen molar-refractivity contribution in [1.29, 1.82) is 0 Å². The highest BCUT2D eigenvalue weighted by molar-refractivity contribution is 7.87. The van der Waals surface area contributed by atoms with Crippen LogP contribution in [-0.4, -0.2) is 24.5 Å². The van der Waals surface area contributed by atoms with E-state index in [0.29, 0.717) is 19.5 Å². The minimum absolute atomic E-state index is 0.325. The fraction of sp³-hybridized carbons (Fsp3) is 0.300. The van der Waals surface area contributed by atoms with Crippen LogP contribution in [0.25, 0.3) is 11.0 Å². The molecule has 1 aromatic carbocycles. The lowest BCUT2D eigenvalue weighted by Gasteiger charge is -2.04. The first kappa shape index (κ1) is 12.0. The molecule has 0 amide bonds. The molecular weight excluding hydrogens is 240 g/mol. The molecule has 1 heterocycles. The number of rotatable bonds is 5. The molecule has 0 atom stereocenters. The van der Waals surface area contributed by atoms with Crippen LogP contribution in [-0.2, 0) is 16.8 Å². The van der Waals surface area contributed by atoms with Crippen molar-refractivity contribution in [3.05, 3.63) is 30.6 Å². The molecule has 92 valence electrons. The number of fused-ring (bicyclic) bond motifs is 1. The fourth-order valence-electron chi connectivity index (χ4n) is 1.65. The van der Waals surface area contributed by atoms with Crippen LogP contribution in [0.2, 0.25) is 0 Å². The minimum Gasteiger partial charge on any atom is -0.331 e. The van der Waals surface area contributed by atoms with Gasteiger partial charge in [0.25, 0.3) is 10.2 Å². The molecule has 1 aromatic heterocycles. The Morgan fingerprint density at radius 2 is 2.12 bits per heavy atom. The Labute approximate surface area is 99.6 Å². The van der Waals surface area contributed by atoms with E-state index in [9.17, 15) is 8.42 Å². The first-order valence-corrected chi connectivity index (χ1v) is 6.78. The molecule has 0 aliphatic heterocycles. The number of hydrogen-bond donors (Lipinski definition) is 2. The lowest BCUT2D eigenvalue weighted by molar-refractivity contribution is 0.573. The SMILES string of the molecule is NS(=O)(=O)NCCCn1cnc2ccccc21. The molecule has 0 fully saturated rings. The number of para-hydroxylation sites is 2. The van der Waals surface area contributed by atoms with Crippen LogP contribution in [0.5, 0.6) is 0 Å². The third-order valence-electron chi connectivity index (χ3n) is 2.41. The van der Waals surface area contributed by atoms with Crippen molar-refractivity contribution in [2.75, 3.05) is 6.54 Å². The summed E-state index contributed by atoms with van der Waals surface area (Å²) in [5.74, 6) is 0. The molecule has 0 saturated carbocycles. The highest BCUT2D eigenvalue weighted by Crippen LogP contribution is 2.11. The fourth-order valence-corrected chi connectivity index (χ4v) is 2.08. The van der Waals surface area contributed by atoms with Gasteiger partial charge in [0.1, 0.15) is 0 Å². The van der Waals surface area contributed by atoms with Crippen molar-refractivity contribution in [1.82, 2.24) is 14.3 Å². The standard InChI is InChI=1S/C10H14N4O2S/c11-17(15,16)13-6-3-7-14-8-12-9-4-1-2-5-10(9)14/h1-2,4-5,8,13H,3,6-7H2,(H2,11,15,16). The van der Waals surface area contributed by atoms with Gasteiger partial charge in [-0.15, -0.1) is 0 Å². The average Bonchev–Trinajstić information content (AvgIpc) is 2.67. The number of benzene rings is 1. The number of nitrogens with two attached hydrogens (primary N) is 1. The maximum absolute atomic E-state index is 10.7. The summed E-state index contributed by atoms with van der Waals surface area (Å²) in [6.07, 6.45) is 2.42. The Morgan fingerprint density at radius 3 is 2.88 bits per heavy atom. The van der Waals surface area contributed by atoms with Gasteiger partial charge in [0, 0.05) is 13.1 Å². The van der Waals surface area contributed by atoms with Crippen LogP contribution in [0.3, 0.4) is 0 Å². The van der Waals surface area contributed by atoms with Crippen LogP contribution >= 0.6 is 0 Å². The van der Waals surface area contributed by atoms with Crippen molar-refractivity contribution >= 4 is 21.2 Å². The number of hydrogen-bond acceptors (Lipinski definition) is 3. The number of imidazole rings is 1. The summed E-state index contributed by atoms with van der Waals surface area (Å²) in [7, 11) is -3.58. The van der Waals surface area contributed by atoms with Gasteiger partial charge in [-0.2, -0.15) is 8.42 Å². The normalized spacial score (nSPS) is 12.1. The Balaban J connectivity index is 1.96. The molecule has 0 unspecified atom stereocenters. The van der Waals surface area contributed by atoms with E-state index in [-0.39, 0.29) is 0 Å². The molecule has 7 heteroatoms. The third kappa shape index (κ3) is 3.26.